The van der Waals surface area contributed by atoms with Crippen LogP contribution < -0.4 is 15.0 Å². The first-order valence-electron chi connectivity index (χ1n) is 15.3. The van der Waals surface area contributed by atoms with Crippen molar-refractivity contribution in [2.24, 2.45) is 17.8 Å². The number of anilines is 3. The van der Waals surface area contributed by atoms with Gasteiger partial charge >= 0.3 is 5.97 Å². The highest BCUT2D eigenvalue weighted by Gasteiger charge is 2.54. The Hall–Kier alpha value is -4.25. The second-order valence-electron chi connectivity index (χ2n) is 12.4. The first kappa shape index (κ1) is 26.6. The highest BCUT2D eigenvalue weighted by atomic mass is 16.6. The summed E-state index contributed by atoms with van der Waals surface area (Å²) in [4.78, 5) is 15.9. The van der Waals surface area contributed by atoms with Crippen LogP contribution in [0.1, 0.15) is 66.2 Å². The predicted molar refractivity (Wildman–Crippen MR) is 168 cm³/mol. The number of carbonyl (C=O) groups is 1. The van der Waals surface area contributed by atoms with Crippen molar-refractivity contribution in [3.8, 4) is 11.5 Å². The molecule has 0 aromatic heterocycles. The first-order valence-corrected chi connectivity index (χ1v) is 15.3. The van der Waals surface area contributed by atoms with Gasteiger partial charge in [0.15, 0.2) is 5.60 Å². The molecule has 0 saturated carbocycles. The van der Waals surface area contributed by atoms with Crippen LogP contribution in [-0.2, 0) is 10.3 Å². The third-order valence-electron chi connectivity index (χ3n) is 9.47. The zero-order chi connectivity index (χ0) is 29.0. The van der Waals surface area contributed by atoms with Gasteiger partial charge in [0.2, 0.25) is 0 Å². The Morgan fingerprint density at radius 2 is 1.67 bits per heavy atom. The molecule has 0 amide bonds. The quantitative estimate of drug-likeness (QED) is 0.240. The van der Waals surface area contributed by atoms with Gasteiger partial charge in [0.25, 0.3) is 0 Å². The van der Waals surface area contributed by atoms with Gasteiger partial charge in [0.1, 0.15) is 11.5 Å². The molecule has 0 radical (unpaired) electrons. The number of hydrogen-bond donors (Lipinski definition) is 1. The molecule has 1 spiro atoms. The third-order valence-corrected chi connectivity index (χ3v) is 9.47. The van der Waals surface area contributed by atoms with Gasteiger partial charge in [0.05, 0.1) is 5.56 Å². The normalized spacial score (nSPS) is 22.0. The Morgan fingerprint density at radius 1 is 0.905 bits per heavy atom. The van der Waals surface area contributed by atoms with Crippen LogP contribution in [0.4, 0.5) is 17.1 Å². The van der Waals surface area contributed by atoms with Crippen molar-refractivity contribution >= 4 is 23.0 Å². The number of esters is 1. The van der Waals surface area contributed by atoms with E-state index < -0.39 is 5.60 Å². The van der Waals surface area contributed by atoms with Crippen molar-refractivity contribution in [3.05, 3.63) is 113 Å². The van der Waals surface area contributed by atoms with E-state index in [0.717, 1.165) is 58.2 Å². The Balaban J connectivity index is 1.35. The van der Waals surface area contributed by atoms with Crippen LogP contribution in [0.5, 0.6) is 11.5 Å². The Morgan fingerprint density at radius 3 is 2.45 bits per heavy atom. The van der Waals surface area contributed by atoms with Crippen molar-refractivity contribution in [3.63, 3.8) is 0 Å². The van der Waals surface area contributed by atoms with Crippen molar-refractivity contribution in [2.45, 2.75) is 46.1 Å². The van der Waals surface area contributed by atoms with Gasteiger partial charge in [-0.2, -0.15) is 0 Å². The average Bonchev–Trinajstić information content (AvgIpc) is 3.55. The summed E-state index contributed by atoms with van der Waals surface area (Å²) >= 11 is 0. The highest BCUT2D eigenvalue weighted by Crippen LogP contribution is 2.57. The van der Waals surface area contributed by atoms with Gasteiger partial charge in [-0.15, -0.1) is 0 Å². The summed E-state index contributed by atoms with van der Waals surface area (Å²) in [5, 5.41) is 3.56. The molecule has 214 valence electrons. The summed E-state index contributed by atoms with van der Waals surface area (Å²) in [6.45, 7) is 11.2. The maximum absolute atomic E-state index is 13.4. The molecule has 3 heterocycles. The SMILES string of the molecule is CCCC1CN(c2ccc3c(c2)Oc2cc(C)c(Nc4ccccc4)cc2C32OC(=O)c3ccccc32)CC1C(C)C. The number of aryl methyl sites for hydroxylation is 1. The maximum atomic E-state index is 13.4. The van der Waals surface area contributed by atoms with Crippen molar-refractivity contribution < 1.29 is 14.3 Å². The monoisotopic (exact) mass is 558 g/mol. The molecule has 1 N–H and O–H groups in total. The highest BCUT2D eigenvalue weighted by molar-refractivity contribution is 5.97. The number of fused-ring (bicyclic) bond motifs is 6. The number of rotatable bonds is 6. The molecule has 5 nitrogen and oxygen atoms in total. The van der Waals surface area contributed by atoms with Gasteiger partial charge in [-0.25, -0.2) is 4.79 Å². The molecule has 4 aromatic rings. The fraction of sp³-hybridized carbons (Fsp3) is 0.324. The largest absolute Gasteiger partial charge is 0.456 e. The molecule has 3 aliphatic heterocycles. The average molecular weight is 559 g/mol. The Bertz CT molecular complexity index is 1660. The number of hydrogen-bond acceptors (Lipinski definition) is 5. The molecule has 1 saturated heterocycles. The van der Waals surface area contributed by atoms with E-state index in [4.69, 9.17) is 9.47 Å². The number of carbonyl (C=O) groups excluding carboxylic acids is 1. The van der Waals surface area contributed by atoms with Gasteiger partial charge in [-0.1, -0.05) is 63.6 Å². The fourth-order valence-electron chi connectivity index (χ4n) is 7.36. The number of nitrogens with zero attached hydrogens (tertiary/aromatic N) is 1. The standard InChI is InChI=1S/C37H38N2O3/c1-5-11-25-21-39(22-29(25)23(2)3)27-16-17-31-35(19-27)41-34-18-24(4)33(38-26-12-7-6-8-13-26)20-32(34)37(31)30-15-10-9-14-28(30)36(40)42-37/h6-10,12-20,23,25,29,38H,5,11,21-22H2,1-4H3. The van der Waals surface area contributed by atoms with E-state index in [1.807, 2.05) is 54.6 Å². The van der Waals surface area contributed by atoms with Crippen molar-refractivity contribution in [1.82, 2.24) is 0 Å². The number of nitrogens with one attached hydrogen (secondary N) is 1. The lowest BCUT2D eigenvalue weighted by Crippen LogP contribution is -2.33. The fourth-order valence-corrected chi connectivity index (χ4v) is 7.36. The third kappa shape index (κ3) is 4.17. The minimum Gasteiger partial charge on any atom is -0.456 e. The summed E-state index contributed by atoms with van der Waals surface area (Å²) in [5.74, 6) is 3.16. The van der Waals surface area contributed by atoms with E-state index >= 15 is 0 Å². The zero-order valence-electron chi connectivity index (χ0n) is 24.8. The molecule has 0 aliphatic carbocycles. The molecule has 1 fully saturated rings. The van der Waals surface area contributed by atoms with Crippen molar-refractivity contribution in [2.75, 3.05) is 23.3 Å². The molecule has 3 aliphatic rings. The molecule has 3 atom stereocenters. The van der Waals surface area contributed by atoms with E-state index in [2.05, 4.69) is 68.2 Å². The van der Waals surface area contributed by atoms with E-state index in [1.165, 1.54) is 12.8 Å². The molecule has 5 heteroatoms. The first-order chi connectivity index (χ1) is 20.4. The lowest BCUT2D eigenvalue weighted by atomic mass is 9.77. The van der Waals surface area contributed by atoms with Gasteiger partial charge in [0, 0.05) is 52.9 Å². The predicted octanol–water partition coefficient (Wildman–Crippen LogP) is 8.82. The molecular weight excluding hydrogens is 520 g/mol. The van der Waals surface area contributed by atoms with Crippen LogP contribution in [0.3, 0.4) is 0 Å². The molecular formula is C37H38N2O3. The Kier molecular flexibility index (Phi) is 6.49. The van der Waals surface area contributed by atoms with Crippen LogP contribution in [0, 0.1) is 24.7 Å². The summed E-state index contributed by atoms with van der Waals surface area (Å²) in [7, 11) is 0. The van der Waals surface area contributed by atoms with Crippen LogP contribution in [0.25, 0.3) is 0 Å². The summed E-state index contributed by atoms with van der Waals surface area (Å²) in [5.41, 5.74) is 6.19. The van der Waals surface area contributed by atoms with E-state index in [-0.39, 0.29) is 5.97 Å². The number of ether oxygens (including phenoxy) is 2. The van der Waals surface area contributed by atoms with Crippen LogP contribution in [-0.4, -0.2) is 19.1 Å². The van der Waals surface area contributed by atoms with Crippen molar-refractivity contribution in [1.29, 1.82) is 0 Å². The Labute approximate surface area is 248 Å². The lowest BCUT2D eigenvalue weighted by molar-refractivity contribution is 0.0224. The maximum Gasteiger partial charge on any atom is 0.340 e. The lowest BCUT2D eigenvalue weighted by Gasteiger charge is -2.37. The summed E-state index contributed by atoms with van der Waals surface area (Å²) in [6, 6.07) is 28.5. The van der Waals surface area contributed by atoms with Crippen LogP contribution in [0.2, 0.25) is 0 Å². The summed E-state index contributed by atoms with van der Waals surface area (Å²) in [6.07, 6.45) is 2.46. The second kappa shape index (κ2) is 10.2. The number of benzene rings is 4. The molecule has 42 heavy (non-hydrogen) atoms. The smallest absolute Gasteiger partial charge is 0.340 e. The molecule has 3 unspecified atom stereocenters. The minimum absolute atomic E-state index is 0.312. The van der Waals surface area contributed by atoms with Crippen LogP contribution >= 0.6 is 0 Å². The number of para-hydroxylation sites is 1. The minimum atomic E-state index is -1.09. The van der Waals surface area contributed by atoms with E-state index in [9.17, 15) is 4.79 Å². The molecule has 4 aromatic carbocycles. The van der Waals surface area contributed by atoms with Gasteiger partial charge in [-0.05, 0) is 79.1 Å². The second-order valence-corrected chi connectivity index (χ2v) is 12.4. The zero-order valence-corrected chi connectivity index (χ0v) is 24.8. The molecule has 0 bridgehead atoms. The van der Waals surface area contributed by atoms with Gasteiger partial charge in [-0.3, -0.25) is 0 Å². The van der Waals surface area contributed by atoms with E-state index in [1.54, 1.807) is 0 Å². The summed E-state index contributed by atoms with van der Waals surface area (Å²) < 4.78 is 13.2. The van der Waals surface area contributed by atoms with E-state index in [0.29, 0.717) is 29.1 Å². The van der Waals surface area contributed by atoms with Gasteiger partial charge < -0.3 is 19.7 Å². The molecule has 7 rings (SSSR count). The van der Waals surface area contributed by atoms with Crippen LogP contribution in [0.15, 0.2) is 84.9 Å². The topological polar surface area (TPSA) is 50.8 Å².